The summed E-state index contributed by atoms with van der Waals surface area (Å²) in [7, 11) is 0. The molecule has 0 bridgehead atoms. The second-order valence-corrected chi connectivity index (χ2v) is 9.04. The maximum atomic E-state index is 12.2. The standard InChI is InChI=1S/C26H39F/c1-2-3-6-21-8-12-23(13-9-21)25-16-18-26(19-17-25)24-14-10-22(11-15-24)7-4-5-20-27/h4,7-9,12-13,22,24-26H,2-3,5-6,10-11,14-20H2,1H3. The lowest BCUT2D eigenvalue weighted by Gasteiger charge is -2.37. The number of unbranched alkanes of at least 4 members (excludes halogenated alkanes) is 1. The molecule has 0 saturated heterocycles. The van der Waals surface area contributed by atoms with E-state index < -0.39 is 0 Å². The quantitative estimate of drug-likeness (QED) is 0.406. The van der Waals surface area contributed by atoms with Gasteiger partial charge in [-0.15, -0.1) is 0 Å². The summed E-state index contributed by atoms with van der Waals surface area (Å²) in [6.07, 6.45) is 19.8. The lowest BCUT2D eigenvalue weighted by molar-refractivity contribution is 0.171. The summed E-state index contributed by atoms with van der Waals surface area (Å²) in [6, 6.07) is 9.56. The minimum Gasteiger partial charge on any atom is -0.251 e. The molecular formula is C26H39F. The van der Waals surface area contributed by atoms with Crippen molar-refractivity contribution in [2.45, 2.75) is 89.9 Å². The van der Waals surface area contributed by atoms with Crippen molar-refractivity contribution in [1.29, 1.82) is 0 Å². The molecule has 2 fully saturated rings. The summed E-state index contributed by atoms with van der Waals surface area (Å²) in [5, 5.41) is 0. The van der Waals surface area contributed by atoms with Gasteiger partial charge in [-0.25, -0.2) is 0 Å². The third-order valence-corrected chi connectivity index (χ3v) is 7.21. The van der Waals surface area contributed by atoms with Crippen LogP contribution in [0.15, 0.2) is 36.4 Å². The van der Waals surface area contributed by atoms with Crippen LogP contribution in [0, 0.1) is 17.8 Å². The normalized spacial score (nSPS) is 29.3. The van der Waals surface area contributed by atoms with E-state index in [1.807, 2.05) is 0 Å². The van der Waals surface area contributed by atoms with Gasteiger partial charge in [0, 0.05) is 0 Å². The Kier molecular flexibility index (Phi) is 8.42. The molecule has 3 rings (SSSR count). The molecule has 2 aliphatic rings. The Morgan fingerprint density at radius 2 is 1.52 bits per heavy atom. The van der Waals surface area contributed by atoms with E-state index in [2.05, 4.69) is 43.3 Å². The fourth-order valence-corrected chi connectivity index (χ4v) is 5.42. The van der Waals surface area contributed by atoms with E-state index >= 15 is 0 Å². The smallest absolute Gasteiger partial charge is 0.0928 e. The predicted octanol–water partition coefficient (Wildman–Crippen LogP) is 8.03. The number of rotatable bonds is 8. The van der Waals surface area contributed by atoms with Gasteiger partial charge in [-0.2, -0.15) is 0 Å². The zero-order valence-corrected chi connectivity index (χ0v) is 17.3. The van der Waals surface area contributed by atoms with Crippen LogP contribution in [0.3, 0.4) is 0 Å². The molecule has 2 saturated carbocycles. The van der Waals surface area contributed by atoms with Crippen LogP contribution in [0.1, 0.15) is 94.6 Å². The summed E-state index contributed by atoms with van der Waals surface area (Å²) < 4.78 is 12.2. The van der Waals surface area contributed by atoms with Gasteiger partial charge in [0.15, 0.2) is 0 Å². The van der Waals surface area contributed by atoms with Crippen molar-refractivity contribution < 1.29 is 4.39 Å². The first-order valence-electron chi connectivity index (χ1n) is 11.6. The summed E-state index contributed by atoms with van der Waals surface area (Å²) in [4.78, 5) is 0. The van der Waals surface area contributed by atoms with Gasteiger partial charge in [-0.3, -0.25) is 4.39 Å². The van der Waals surface area contributed by atoms with Crippen LogP contribution >= 0.6 is 0 Å². The van der Waals surface area contributed by atoms with Gasteiger partial charge in [0.05, 0.1) is 6.67 Å². The van der Waals surface area contributed by atoms with Gasteiger partial charge in [0.1, 0.15) is 0 Å². The molecule has 0 N–H and O–H groups in total. The molecule has 1 aromatic carbocycles. The Morgan fingerprint density at radius 3 is 2.11 bits per heavy atom. The number of allylic oxidation sites excluding steroid dienone is 2. The molecule has 0 spiro atoms. The number of halogens is 1. The monoisotopic (exact) mass is 370 g/mol. The molecule has 0 aromatic heterocycles. The fraction of sp³-hybridized carbons (Fsp3) is 0.692. The van der Waals surface area contributed by atoms with E-state index in [1.54, 1.807) is 5.56 Å². The van der Waals surface area contributed by atoms with E-state index in [4.69, 9.17) is 0 Å². The van der Waals surface area contributed by atoms with Gasteiger partial charge < -0.3 is 0 Å². The maximum absolute atomic E-state index is 12.2. The minimum atomic E-state index is -0.212. The first-order valence-corrected chi connectivity index (χ1v) is 11.6. The van der Waals surface area contributed by atoms with Crippen LogP contribution < -0.4 is 0 Å². The van der Waals surface area contributed by atoms with Crippen molar-refractivity contribution in [3.05, 3.63) is 47.5 Å². The molecule has 0 amide bonds. The molecule has 0 heterocycles. The molecule has 0 unspecified atom stereocenters. The number of alkyl halides is 1. The third kappa shape index (κ3) is 6.19. The highest BCUT2D eigenvalue weighted by atomic mass is 19.1. The Balaban J connectivity index is 1.41. The molecule has 0 atom stereocenters. The third-order valence-electron chi connectivity index (χ3n) is 7.21. The number of benzene rings is 1. The summed E-state index contributed by atoms with van der Waals surface area (Å²) in [5.74, 6) is 3.42. The lowest BCUT2D eigenvalue weighted by atomic mass is 9.68. The molecule has 2 aliphatic carbocycles. The molecule has 27 heavy (non-hydrogen) atoms. The van der Waals surface area contributed by atoms with Crippen molar-refractivity contribution in [3.63, 3.8) is 0 Å². The van der Waals surface area contributed by atoms with Gasteiger partial charge >= 0.3 is 0 Å². The predicted molar refractivity (Wildman–Crippen MR) is 115 cm³/mol. The van der Waals surface area contributed by atoms with Crippen LogP contribution in [-0.2, 0) is 6.42 Å². The van der Waals surface area contributed by atoms with E-state index in [0.717, 1.165) is 23.7 Å². The Morgan fingerprint density at radius 1 is 0.889 bits per heavy atom. The van der Waals surface area contributed by atoms with Crippen LogP contribution in [-0.4, -0.2) is 6.67 Å². The van der Waals surface area contributed by atoms with Crippen LogP contribution in [0.4, 0.5) is 4.39 Å². The molecule has 1 aromatic rings. The second kappa shape index (κ2) is 11.0. The molecular weight excluding hydrogens is 331 g/mol. The van der Waals surface area contributed by atoms with E-state index in [1.165, 1.54) is 76.2 Å². The Hall–Kier alpha value is -1.11. The van der Waals surface area contributed by atoms with Crippen molar-refractivity contribution >= 4 is 0 Å². The van der Waals surface area contributed by atoms with E-state index in [0.29, 0.717) is 6.42 Å². The summed E-state index contributed by atoms with van der Waals surface area (Å²) >= 11 is 0. The highest BCUT2D eigenvalue weighted by molar-refractivity contribution is 5.26. The van der Waals surface area contributed by atoms with E-state index in [9.17, 15) is 4.39 Å². The Labute approximate surface area is 166 Å². The van der Waals surface area contributed by atoms with Gasteiger partial charge in [0.2, 0.25) is 0 Å². The Bertz CT molecular complexity index is 542. The molecule has 0 nitrogen and oxygen atoms in total. The number of aryl methyl sites for hydroxylation is 1. The average Bonchev–Trinajstić information content (AvgIpc) is 2.73. The zero-order chi connectivity index (χ0) is 18.9. The molecule has 0 radical (unpaired) electrons. The molecule has 0 aliphatic heterocycles. The van der Waals surface area contributed by atoms with Crippen LogP contribution in [0.25, 0.3) is 0 Å². The SMILES string of the molecule is CCCCc1ccc(C2CCC(C3CCC(C=CCCF)CC3)CC2)cc1. The first-order chi connectivity index (χ1) is 13.3. The lowest BCUT2D eigenvalue weighted by Crippen LogP contribution is -2.25. The zero-order valence-electron chi connectivity index (χ0n) is 17.3. The maximum Gasteiger partial charge on any atom is 0.0928 e. The van der Waals surface area contributed by atoms with Gasteiger partial charge in [0.25, 0.3) is 0 Å². The highest BCUT2D eigenvalue weighted by Crippen LogP contribution is 2.44. The largest absolute Gasteiger partial charge is 0.251 e. The summed E-state index contributed by atoms with van der Waals surface area (Å²) in [5.41, 5.74) is 3.09. The van der Waals surface area contributed by atoms with E-state index in [-0.39, 0.29) is 6.67 Å². The molecule has 150 valence electrons. The van der Waals surface area contributed by atoms with Crippen LogP contribution in [0.5, 0.6) is 0 Å². The van der Waals surface area contributed by atoms with Gasteiger partial charge in [-0.05, 0) is 105 Å². The van der Waals surface area contributed by atoms with Gasteiger partial charge in [-0.1, -0.05) is 49.8 Å². The first kappa shape index (κ1) is 20.6. The minimum absolute atomic E-state index is 0.212. The topological polar surface area (TPSA) is 0 Å². The molecule has 1 heteroatoms. The highest BCUT2D eigenvalue weighted by Gasteiger charge is 2.30. The second-order valence-electron chi connectivity index (χ2n) is 9.04. The van der Waals surface area contributed by atoms with Crippen molar-refractivity contribution in [2.24, 2.45) is 17.8 Å². The van der Waals surface area contributed by atoms with Crippen molar-refractivity contribution in [2.75, 3.05) is 6.67 Å². The average molecular weight is 371 g/mol. The van der Waals surface area contributed by atoms with Crippen LogP contribution in [0.2, 0.25) is 0 Å². The summed E-state index contributed by atoms with van der Waals surface area (Å²) in [6.45, 7) is 2.05. The fourth-order valence-electron chi connectivity index (χ4n) is 5.42. The van der Waals surface area contributed by atoms with Crippen molar-refractivity contribution in [1.82, 2.24) is 0 Å². The van der Waals surface area contributed by atoms with Crippen molar-refractivity contribution in [3.8, 4) is 0 Å². The number of hydrogen-bond acceptors (Lipinski definition) is 0. The number of hydrogen-bond donors (Lipinski definition) is 0.